The van der Waals surface area contributed by atoms with Crippen LogP contribution in [0.4, 0.5) is 5.69 Å². The Morgan fingerprint density at radius 1 is 1.00 bits per heavy atom. The van der Waals surface area contributed by atoms with Gasteiger partial charge in [0, 0.05) is 30.2 Å². The Kier molecular flexibility index (Phi) is 6.94. The van der Waals surface area contributed by atoms with Gasteiger partial charge in [0.25, 0.3) is 17.7 Å². The molecule has 1 heterocycles. The number of rotatable bonds is 8. The second-order valence-electron chi connectivity index (χ2n) is 6.49. The van der Waals surface area contributed by atoms with Gasteiger partial charge >= 0.3 is 5.97 Å². The number of amides is 3. The van der Waals surface area contributed by atoms with Gasteiger partial charge < -0.3 is 20.7 Å². The molecule has 0 fully saturated rings. The minimum Gasteiger partial charge on any atom is -0.456 e. The van der Waals surface area contributed by atoms with Gasteiger partial charge in [-0.3, -0.25) is 24.3 Å². The number of nitrogens with one attached hydrogen (secondary N) is 4. The van der Waals surface area contributed by atoms with E-state index < -0.39 is 24.4 Å². The van der Waals surface area contributed by atoms with Crippen LogP contribution in [0.1, 0.15) is 27.3 Å². The smallest absolute Gasteiger partial charge is 0.308 e. The summed E-state index contributed by atoms with van der Waals surface area (Å²) in [4.78, 5) is 47.4. The second kappa shape index (κ2) is 10.0. The maximum atomic E-state index is 12.2. The van der Waals surface area contributed by atoms with Crippen LogP contribution in [-0.4, -0.2) is 54.1 Å². The molecule has 0 spiro atoms. The summed E-state index contributed by atoms with van der Waals surface area (Å²) in [5.74, 6) is -1.80. The van der Waals surface area contributed by atoms with Crippen molar-refractivity contribution in [3.8, 4) is 0 Å². The Morgan fingerprint density at radius 2 is 1.74 bits per heavy atom. The third-order valence-electron chi connectivity index (χ3n) is 4.32. The SMILES string of the molecule is CNC(=O)c1ccc(NC(=O)COC(=O)CCNC(=O)c2n[nH]c3ccccc23)cc1. The summed E-state index contributed by atoms with van der Waals surface area (Å²) in [5, 5.41) is 15.1. The van der Waals surface area contributed by atoms with E-state index in [2.05, 4.69) is 26.1 Å². The molecule has 0 saturated carbocycles. The van der Waals surface area contributed by atoms with Gasteiger partial charge in [0.2, 0.25) is 0 Å². The zero-order valence-electron chi connectivity index (χ0n) is 16.7. The number of aromatic nitrogens is 2. The molecule has 3 amide bonds. The number of hydrogen-bond acceptors (Lipinski definition) is 6. The number of aromatic amines is 1. The summed E-state index contributed by atoms with van der Waals surface area (Å²) < 4.78 is 4.91. The van der Waals surface area contributed by atoms with E-state index in [1.807, 2.05) is 6.07 Å². The van der Waals surface area contributed by atoms with Crippen molar-refractivity contribution in [1.82, 2.24) is 20.8 Å². The Bertz CT molecular complexity index is 1110. The van der Waals surface area contributed by atoms with E-state index in [1.165, 1.54) is 7.05 Å². The fourth-order valence-corrected chi connectivity index (χ4v) is 2.76. The molecule has 2 aromatic carbocycles. The van der Waals surface area contributed by atoms with Gasteiger partial charge in [-0.05, 0) is 30.3 Å². The van der Waals surface area contributed by atoms with Gasteiger partial charge in [-0.25, -0.2) is 0 Å². The summed E-state index contributed by atoms with van der Waals surface area (Å²) >= 11 is 0. The first kappa shape index (κ1) is 21.5. The summed E-state index contributed by atoms with van der Waals surface area (Å²) in [6, 6.07) is 13.5. The molecule has 10 nitrogen and oxygen atoms in total. The molecule has 31 heavy (non-hydrogen) atoms. The molecule has 10 heteroatoms. The van der Waals surface area contributed by atoms with Crippen molar-refractivity contribution in [2.75, 3.05) is 25.5 Å². The van der Waals surface area contributed by atoms with Crippen LogP contribution in [0.5, 0.6) is 0 Å². The minimum atomic E-state index is -0.627. The van der Waals surface area contributed by atoms with Crippen molar-refractivity contribution in [2.24, 2.45) is 0 Å². The third kappa shape index (κ3) is 5.66. The maximum Gasteiger partial charge on any atom is 0.308 e. The first-order chi connectivity index (χ1) is 15.0. The molecule has 0 bridgehead atoms. The van der Waals surface area contributed by atoms with Crippen molar-refractivity contribution < 1.29 is 23.9 Å². The van der Waals surface area contributed by atoms with Crippen LogP contribution < -0.4 is 16.0 Å². The Balaban J connectivity index is 1.38. The lowest BCUT2D eigenvalue weighted by molar-refractivity contribution is -0.147. The molecule has 0 aliphatic rings. The number of carbonyl (C=O) groups is 4. The van der Waals surface area contributed by atoms with Crippen molar-refractivity contribution in [3.63, 3.8) is 0 Å². The average molecular weight is 423 g/mol. The summed E-state index contributed by atoms with van der Waals surface area (Å²) in [5.41, 5.74) is 1.90. The number of anilines is 1. The molecule has 0 unspecified atom stereocenters. The molecule has 0 aliphatic carbocycles. The number of fused-ring (bicyclic) bond motifs is 1. The highest BCUT2D eigenvalue weighted by Gasteiger charge is 2.14. The Morgan fingerprint density at radius 3 is 2.48 bits per heavy atom. The zero-order chi connectivity index (χ0) is 22.2. The number of carbonyl (C=O) groups excluding carboxylic acids is 4. The molecule has 0 aliphatic heterocycles. The van der Waals surface area contributed by atoms with E-state index in [0.717, 1.165) is 5.52 Å². The lowest BCUT2D eigenvalue weighted by Gasteiger charge is -2.08. The van der Waals surface area contributed by atoms with E-state index in [-0.39, 0.29) is 24.6 Å². The third-order valence-corrected chi connectivity index (χ3v) is 4.32. The largest absolute Gasteiger partial charge is 0.456 e. The maximum absolute atomic E-state index is 12.2. The molecule has 1 aromatic heterocycles. The van der Waals surface area contributed by atoms with Gasteiger partial charge in [-0.1, -0.05) is 18.2 Å². The second-order valence-corrected chi connectivity index (χ2v) is 6.49. The number of H-pyrrole nitrogens is 1. The van der Waals surface area contributed by atoms with Gasteiger partial charge in [0.15, 0.2) is 12.3 Å². The first-order valence-corrected chi connectivity index (χ1v) is 9.47. The zero-order valence-corrected chi connectivity index (χ0v) is 16.7. The predicted molar refractivity (Wildman–Crippen MR) is 112 cm³/mol. The van der Waals surface area contributed by atoms with Crippen LogP contribution in [0, 0.1) is 0 Å². The number of para-hydroxylation sites is 1. The predicted octanol–water partition coefficient (Wildman–Crippen LogP) is 1.22. The van der Waals surface area contributed by atoms with Gasteiger partial charge in [-0.2, -0.15) is 5.10 Å². The molecule has 0 saturated heterocycles. The van der Waals surface area contributed by atoms with Gasteiger partial charge in [0.1, 0.15) is 0 Å². The number of nitrogens with zero attached hydrogens (tertiary/aromatic N) is 1. The molecule has 160 valence electrons. The lowest BCUT2D eigenvalue weighted by Crippen LogP contribution is -2.28. The van der Waals surface area contributed by atoms with Crippen molar-refractivity contribution in [3.05, 3.63) is 59.8 Å². The highest BCUT2D eigenvalue weighted by Crippen LogP contribution is 2.14. The van der Waals surface area contributed by atoms with Gasteiger partial charge in [0.05, 0.1) is 11.9 Å². The van der Waals surface area contributed by atoms with Crippen molar-refractivity contribution in [2.45, 2.75) is 6.42 Å². The number of esters is 1. The van der Waals surface area contributed by atoms with Crippen LogP contribution in [0.25, 0.3) is 10.9 Å². The number of ether oxygens (including phenoxy) is 1. The first-order valence-electron chi connectivity index (χ1n) is 9.47. The van der Waals surface area contributed by atoms with E-state index in [1.54, 1.807) is 42.5 Å². The van der Waals surface area contributed by atoms with E-state index >= 15 is 0 Å². The monoisotopic (exact) mass is 423 g/mol. The Hall–Kier alpha value is -4.21. The highest BCUT2D eigenvalue weighted by molar-refractivity contribution is 6.04. The standard InChI is InChI=1S/C21H21N5O5/c1-22-20(29)13-6-8-14(9-7-13)24-17(27)12-31-18(28)10-11-23-21(30)19-15-4-2-3-5-16(15)25-26-19/h2-9H,10-12H2,1H3,(H,22,29)(H,23,30)(H,24,27)(H,25,26). The molecular formula is C21H21N5O5. The van der Waals surface area contributed by atoms with E-state index in [0.29, 0.717) is 16.6 Å². The summed E-state index contributed by atoms with van der Waals surface area (Å²) in [6.45, 7) is -0.421. The van der Waals surface area contributed by atoms with E-state index in [9.17, 15) is 19.2 Å². The van der Waals surface area contributed by atoms with Crippen LogP contribution >= 0.6 is 0 Å². The van der Waals surface area contributed by atoms with Crippen LogP contribution in [0.2, 0.25) is 0 Å². The number of benzene rings is 2. The Labute approximate surface area is 177 Å². The molecular weight excluding hydrogens is 402 g/mol. The summed E-state index contributed by atoms with van der Waals surface area (Å²) in [7, 11) is 1.52. The molecule has 3 aromatic rings. The normalized spacial score (nSPS) is 10.4. The molecule has 0 atom stereocenters. The fourth-order valence-electron chi connectivity index (χ4n) is 2.76. The highest BCUT2D eigenvalue weighted by atomic mass is 16.5. The molecule has 0 radical (unpaired) electrons. The summed E-state index contributed by atoms with van der Waals surface area (Å²) in [6.07, 6.45) is -0.0950. The van der Waals surface area contributed by atoms with Crippen molar-refractivity contribution >= 4 is 40.3 Å². The van der Waals surface area contributed by atoms with Crippen LogP contribution in [0.3, 0.4) is 0 Å². The average Bonchev–Trinajstić information content (AvgIpc) is 3.22. The fraction of sp³-hybridized carbons (Fsp3) is 0.190. The topological polar surface area (TPSA) is 142 Å². The van der Waals surface area contributed by atoms with Crippen molar-refractivity contribution in [1.29, 1.82) is 0 Å². The van der Waals surface area contributed by atoms with Gasteiger partial charge in [-0.15, -0.1) is 0 Å². The number of hydrogen-bond donors (Lipinski definition) is 4. The molecule has 4 N–H and O–H groups in total. The lowest BCUT2D eigenvalue weighted by atomic mass is 10.2. The molecule has 3 rings (SSSR count). The van der Waals surface area contributed by atoms with E-state index in [4.69, 9.17) is 4.74 Å². The quantitative estimate of drug-likeness (QED) is 0.401. The van der Waals surface area contributed by atoms with Crippen LogP contribution in [-0.2, 0) is 14.3 Å². The van der Waals surface area contributed by atoms with Crippen LogP contribution in [0.15, 0.2) is 48.5 Å². The minimum absolute atomic E-state index is 0.0431.